The molecule has 2 N–H and O–H groups in total. The van der Waals surface area contributed by atoms with E-state index in [0.29, 0.717) is 6.42 Å². The van der Waals surface area contributed by atoms with E-state index < -0.39 is 25.9 Å². The quantitative estimate of drug-likeness (QED) is 0.796. The van der Waals surface area contributed by atoms with Crippen molar-refractivity contribution in [2.75, 3.05) is 12.9 Å². The lowest BCUT2D eigenvalue weighted by Crippen LogP contribution is -2.37. The Bertz CT molecular complexity index is 681. The van der Waals surface area contributed by atoms with E-state index in [1.165, 1.54) is 12.1 Å². The Balaban J connectivity index is 3.31. The van der Waals surface area contributed by atoms with Crippen LogP contribution in [0.3, 0.4) is 0 Å². The van der Waals surface area contributed by atoms with Crippen LogP contribution >= 0.6 is 11.6 Å². The molecule has 0 saturated heterocycles. The molecule has 0 aliphatic heterocycles. The molecular weight excluding hydrogens is 326 g/mol. The first-order chi connectivity index (χ1) is 9.11. The number of nitrogens with one attached hydrogen (secondary N) is 1. The number of halogens is 1. The summed E-state index contributed by atoms with van der Waals surface area (Å²) in [5, 5.41) is 8.95. The van der Waals surface area contributed by atoms with Gasteiger partial charge in [0, 0.05) is 12.3 Å². The summed E-state index contributed by atoms with van der Waals surface area (Å²) in [4.78, 5) is -0.465. The van der Waals surface area contributed by atoms with Crippen LogP contribution in [0.1, 0.15) is 13.3 Å². The maximum atomic E-state index is 12.2. The first-order valence-electron chi connectivity index (χ1n) is 5.74. The van der Waals surface area contributed by atoms with Gasteiger partial charge in [0.15, 0.2) is 9.84 Å². The minimum Gasteiger partial charge on any atom is -0.395 e. The number of aliphatic hydroxyl groups is 1. The molecule has 1 atom stereocenters. The number of hydrogen-bond acceptors (Lipinski definition) is 5. The lowest BCUT2D eigenvalue weighted by molar-refractivity contribution is 0.254. The van der Waals surface area contributed by atoms with E-state index in [1.807, 2.05) is 0 Å². The van der Waals surface area contributed by atoms with E-state index in [1.54, 1.807) is 6.92 Å². The van der Waals surface area contributed by atoms with Gasteiger partial charge >= 0.3 is 0 Å². The lowest BCUT2D eigenvalue weighted by atomic mass is 10.3. The van der Waals surface area contributed by atoms with Crippen molar-refractivity contribution in [1.29, 1.82) is 0 Å². The lowest BCUT2D eigenvalue weighted by Gasteiger charge is -2.15. The molecule has 0 heterocycles. The van der Waals surface area contributed by atoms with E-state index in [2.05, 4.69) is 4.72 Å². The first kappa shape index (κ1) is 17.4. The van der Waals surface area contributed by atoms with E-state index in [0.717, 1.165) is 12.3 Å². The summed E-state index contributed by atoms with van der Waals surface area (Å²) in [6.45, 7) is 1.34. The predicted octanol–water partition coefficient (Wildman–Crippen LogP) is 0.793. The minimum atomic E-state index is -4.00. The third kappa shape index (κ3) is 4.16. The summed E-state index contributed by atoms with van der Waals surface area (Å²) in [6, 6.07) is 2.80. The highest BCUT2D eigenvalue weighted by molar-refractivity contribution is 7.91. The molecule has 1 unspecified atom stereocenters. The van der Waals surface area contributed by atoms with Crippen molar-refractivity contribution in [1.82, 2.24) is 4.72 Å². The topological polar surface area (TPSA) is 101 Å². The number of sulfonamides is 1. The van der Waals surface area contributed by atoms with Gasteiger partial charge in [0.25, 0.3) is 0 Å². The third-order valence-electron chi connectivity index (χ3n) is 2.66. The van der Waals surface area contributed by atoms with Crippen LogP contribution in [-0.4, -0.2) is 40.8 Å². The maximum absolute atomic E-state index is 12.2. The molecular formula is C11H16ClNO5S2. The first-order valence-corrected chi connectivity index (χ1v) is 9.50. The molecule has 6 nitrogen and oxygen atoms in total. The summed E-state index contributed by atoms with van der Waals surface area (Å²) in [5.41, 5.74) is 0. The molecule has 1 rings (SSSR count). The molecule has 0 spiro atoms. The van der Waals surface area contributed by atoms with Gasteiger partial charge in [-0.25, -0.2) is 21.6 Å². The number of hydrogen-bond donors (Lipinski definition) is 2. The molecule has 0 fully saturated rings. The summed E-state index contributed by atoms with van der Waals surface area (Å²) in [7, 11) is -7.55. The van der Waals surface area contributed by atoms with Crippen molar-refractivity contribution in [3.8, 4) is 0 Å². The fourth-order valence-electron chi connectivity index (χ4n) is 1.45. The smallest absolute Gasteiger partial charge is 0.242 e. The second-order valence-electron chi connectivity index (χ2n) is 4.27. The summed E-state index contributed by atoms with van der Waals surface area (Å²) < 4.78 is 49.5. The SMILES string of the molecule is CCC(CO)NS(=O)(=O)c1cc(S(C)(=O)=O)ccc1Cl. The summed E-state index contributed by atoms with van der Waals surface area (Å²) in [6.07, 6.45) is 1.36. The second kappa shape index (κ2) is 6.40. The van der Waals surface area contributed by atoms with Crippen LogP contribution in [0.5, 0.6) is 0 Å². The van der Waals surface area contributed by atoms with Gasteiger partial charge in [-0.05, 0) is 24.6 Å². The fraction of sp³-hybridized carbons (Fsp3) is 0.455. The third-order valence-corrected chi connectivity index (χ3v) is 5.77. The minimum absolute atomic E-state index is 0.0855. The average Bonchev–Trinajstić information content (AvgIpc) is 2.34. The molecule has 0 aliphatic rings. The summed E-state index contributed by atoms with van der Waals surface area (Å²) in [5.74, 6) is 0. The van der Waals surface area contributed by atoms with Crippen LogP contribution in [0.25, 0.3) is 0 Å². The van der Waals surface area contributed by atoms with E-state index in [4.69, 9.17) is 16.7 Å². The van der Waals surface area contributed by atoms with E-state index in [-0.39, 0.29) is 21.4 Å². The molecule has 1 aromatic rings. The molecule has 9 heteroatoms. The number of benzene rings is 1. The highest BCUT2D eigenvalue weighted by Gasteiger charge is 2.23. The Morgan fingerprint density at radius 3 is 2.35 bits per heavy atom. The van der Waals surface area contributed by atoms with Crippen LogP contribution in [-0.2, 0) is 19.9 Å². The van der Waals surface area contributed by atoms with Gasteiger partial charge in [-0.2, -0.15) is 0 Å². The zero-order valence-electron chi connectivity index (χ0n) is 11.0. The van der Waals surface area contributed by atoms with Gasteiger partial charge in [0.05, 0.1) is 16.5 Å². The standard InChI is InChI=1S/C11H16ClNO5S2/c1-3-8(7-14)13-20(17,18)11-6-9(19(2,15)16)4-5-10(11)12/h4-6,8,13-14H,3,7H2,1-2H3. The van der Waals surface area contributed by atoms with Gasteiger partial charge in [-0.3, -0.25) is 0 Å². The van der Waals surface area contributed by atoms with Gasteiger partial charge in [-0.15, -0.1) is 0 Å². The molecule has 0 bridgehead atoms. The van der Waals surface area contributed by atoms with Crippen LogP contribution in [0, 0.1) is 0 Å². The Hall–Kier alpha value is -0.670. The summed E-state index contributed by atoms with van der Waals surface area (Å²) >= 11 is 5.82. The molecule has 0 amide bonds. The van der Waals surface area contributed by atoms with Crippen LogP contribution < -0.4 is 4.72 Å². The molecule has 114 valence electrons. The monoisotopic (exact) mass is 341 g/mol. The molecule has 1 aromatic carbocycles. The Morgan fingerprint density at radius 2 is 1.90 bits per heavy atom. The van der Waals surface area contributed by atoms with Crippen molar-refractivity contribution in [3.05, 3.63) is 23.2 Å². The van der Waals surface area contributed by atoms with E-state index >= 15 is 0 Å². The van der Waals surface area contributed by atoms with Crippen molar-refractivity contribution in [2.45, 2.75) is 29.2 Å². The fourth-order valence-corrected chi connectivity index (χ4v) is 4.01. The molecule has 0 aliphatic carbocycles. The average molecular weight is 342 g/mol. The predicted molar refractivity (Wildman–Crippen MR) is 76.0 cm³/mol. The van der Waals surface area contributed by atoms with Gasteiger partial charge in [-0.1, -0.05) is 18.5 Å². The van der Waals surface area contributed by atoms with E-state index in [9.17, 15) is 16.8 Å². The van der Waals surface area contributed by atoms with Gasteiger partial charge < -0.3 is 5.11 Å². The zero-order chi connectivity index (χ0) is 15.6. The number of rotatable bonds is 6. The van der Waals surface area contributed by atoms with Crippen LogP contribution in [0.15, 0.2) is 28.0 Å². The second-order valence-corrected chi connectivity index (χ2v) is 8.38. The number of aliphatic hydroxyl groups excluding tert-OH is 1. The Labute approximate surface area is 123 Å². The van der Waals surface area contributed by atoms with Gasteiger partial charge in [0.2, 0.25) is 10.0 Å². The molecule has 20 heavy (non-hydrogen) atoms. The van der Waals surface area contributed by atoms with Gasteiger partial charge in [0.1, 0.15) is 4.90 Å². The van der Waals surface area contributed by atoms with Crippen LogP contribution in [0.2, 0.25) is 5.02 Å². The zero-order valence-corrected chi connectivity index (χ0v) is 13.4. The Kier molecular flexibility index (Phi) is 5.56. The van der Waals surface area contributed by atoms with Crippen molar-refractivity contribution in [3.63, 3.8) is 0 Å². The molecule has 0 radical (unpaired) electrons. The largest absolute Gasteiger partial charge is 0.395 e. The Morgan fingerprint density at radius 1 is 1.30 bits per heavy atom. The van der Waals surface area contributed by atoms with Crippen LogP contribution in [0.4, 0.5) is 0 Å². The number of sulfone groups is 1. The van der Waals surface area contributed by atoms with Crippen molar-refractivity contribution >= 4 is 31.5 Å². The van der Waals surface area contributed by atoms with Crippen molar-refractivity contribution < 1.29 is 21.9 Å². The highest BCUT2D eigenvalue weighted by Crippen LogP contribution is 2.25. The molecule has 0 saturated carbocycles. The molecule has 0 aromatic heterocycles. The highest BCUT2D eigenvalue weighted by atomic mass is 35.5. The van der Waals surface area contributed by atoms with Crippen molar-refractivity contribution in [2.24, 2.45) is 0 Å². The normalized spacial score (nSPS) is 14.2. The maximum Gasteiger partial charge on any atom is 0.242 e.